The molecule has 0 N–H and O–H groups in total. The van der Waals surface area contributed by atoms with Crippen LogP contribution in [0.2, 0.25) is 0 Å². The van der Waals surface area contributed by atoms with Crippen molar-refractivity contribution in [3.05, 3.63) is 71.3 Å². The third kappa shape index (κ3) is 2.66. The van der Waals surface area contributed by atoms with Gasteiger partial charge in [-0.05, 0) is 17.7 Å². The van der Waals surface area contributed by atoms with E-state index in [1.54, 1.807) is 24.3 Å². The van der Waals surface area contributed by atoms with E-state index in [2.05, 4.69) is 0 Å². The fraction of sp³-hybridized carbons (Fsp3) is 0.118. The Kier molecular flexibility index (Phi) is 3.80. The fourth-order valence-electron chi connectivity index (χ4n) is 2.34. The monoisotopic (exact) mass is 310 g/mol. The molecule has 23 heavy (non-hydrogen) atoms. The SMILES string of the molecule is CN(C(=O)OCc1ccccc1)N1C(=O)c2ccccc2C1=O. The highest BCUT2D eigenvalue weighted by Crippen LogP contribution is 2.23. The third-order valence-electron chi connectivity index (χ3n) is 3.54. The summed E-state index contributed by atoms with van der Waals surface area (Å²) >= 11 is 0. The summed E-state index contributed by atoms with van der Waals surface area (Å²) in [5.41, 5.74) is 1.37. The van der Waals surface area contributed by atoms with Crippen LogP contribution in [-0.2, 0) is 11.3 Å². The van der Waals surface area contributed by atoms with Gasteiger partial charge < -0.3 is 4.74 Å². The van der Waals surface area contributed by atoms with Crippen molar-refractivity contribution in [2.24, 2.45) is 0 Å². The maximum absolute atomic E-state index is 12.3. The predicted octanol–water partition coefficient (Wildman–Crippen LogP) is 2.47. The molecule has 1 heterocycles. The van der Waals surface area contributed by atoms with Crippen molar-refractivity contribution in [3.63, 3.8) is 0 Å². The summed E-state index contributed by atoms with van der Waals surface area (Å²) < 4.78 is 5.14. The van der Waals surface area contributed by atoms with Crippen LogP contribution in [0.3, 0.4) is 0 Å². The predicted molar refractivity (Wildman–Crippen MR) is 81.3 cm³/mol. The van der Waals surface area contributed by atoms with Gasteiger partial charge in [-0.25, -0.2) is 9.80 Å². The van der Waals surface area contributed by atoms with E-state index in [9.17, 15) is 14.4 Å². The molecule has 0 bridgehead atoms. The number of imide groups is 1. The normalized spacial score (nSPS) is 13.0. The van der Waals surface area contributed by atoms with Gasteiger partial charge in [-0.1, -0.05) is 42.5 Å². The van der Waals surface area contributed by atoms with Crippen LogP contribution in [0, 0.1) is 0 Å². The summed E-state index contributed by atoms with van der Waals surface area (Å²) in [6.07, 6.45) is -0.775. The molecule has 0 aromatic heterocycles. The molecule has 1 aliphatic rings. The highest BCUT2D eigenvalue weighted by Gasteiger charge is 2.40. The molecule has 0 radical (unpaired) electrons. The van der Waals surface area contributed by atoms with Gasteiger partial charge in [0.25, 0.3) is 11.8 Å². The van der Waals surface area contributed by atoms with Crippen LogP contribution >= 0.6 is 0 Å². The standard InChI is InChI=1S/C17H14N2O4/c1-18(17(22)23-11-12-7-3-2-4-8-12)19-15(20)13-9-5-6-10-14(13)16(19)21/h2-10H,11H2,1H3. The highest BCUT2D eigenvalue weighted by molar-refractivity contribution is 6.21. The summed E-state index contributed by atoms with van der Waals surface area (Å²) in [5, 5.41) is 1.69. The molecule has 3 amide bonds. The topological polar surface area (TPSA) is 66.9 Å². The minimum absolute atomic E-state index is 0.0627. The van der Waals surface area contributed by atoms with Gasteiger partial charge in [-0.3, -0.25) is 9.59 Å². The number of fused-ring (bicyclic) bond motifs is 1. The van der Waals surface area contributed by atoms with E-state index in [0.29, 0.717) is 0 Å². The van der Waals surface area contributed by atoms with Gasteiger partial charge in [0.1, 0.15) is 6.61 Å². The molecular weight excluding hydrogens is 296 g/mol. The molecule has 2 aromatic rings. The number of benzene rings is 2. The highest BCUT2D eigenvalue weighted by atomic mass is 16.6. The second kappa shape index (κ2) is 5.92. The average Bonchev–Trinajstić information content (AvgIpc) is 2.84. The number of ether oxygens (including phenoxy) is 1. The number of carbonyl (C=O) groups excluding carboxylic acids is 3. The second-order valence-corrected chi connectivity index (χ2v) is 5.03. The zero-order valence-corrected chi connectivity index (χ0v) is 12.4. The fourth-order valence-corrected chi connectivity index (χ4v) is 2.34. The maximum atomic E-state index is 12.3. The first-order valence-corrected chi connectivity index (χ1v) is 7.01. The number of hydrogen-bond donors (Lipinski definition) is 0. The number of nitrogens with zero attached hydrogens (tertiary/aromatic N) is 2. The molecule has 0 aliphatic carbocycles. The lowest BCUT2D eigenvalue weighted by Crippen LogP contribution is -2.47. The van der Waals surface area contributed by atoms with Crippen molar-refractivity contribution < 1.29 is 19.1 Å². The van der Waals surface area contributed by atoms with Gasteiger partial charge >= 0.3 is 6.09 Å². The molecular formula is C17H14N2O4. The van der Waals surface area contributed by atoms with Crippen molar-refractivity contribution in [3.8, 4) is 0 Å². The van der Waals surface area contributed by atoms with E-state index in [4.69, 9.17) is 4.74 Å². The summed E-state index contributed by atoms with van der Waals surface area (Å²) in [6.45, 7) is 0.0627. The van der Waals surface area contributed by atoms with Crippen LogP contribution in [0.1, 0.15) is 26.3 Å². The molecule has 3 rings (SSSR count). The largest absolute Gasteiger partial charge is 0.443 e. The first-order valence-electron chi connectivity index (χ1n) is 7.01. The molecule has 0 atom stereocenters. The Morgan fingerprint density at radius 3 is 2.04 bits per heavy atom. The average molecular weight is 310 g/mol. The molecule has 0 unspecified atom stereocenters. The van der Waals surface area contributed by atoms with E-state index in [1.807, 2.05) is 30.3 Å². The van der Waals surface area contributed by atoms with E-state index in [1.165, 1.54) is 7.05 Å². The Hall–Kier alpha value is -3.15. The number of amides is 3. The molecule has 116 valence electrons. The van der Waals surface area contributed by atoms with E-state index < -0.39 is 17.9 Å². The molecule has 1 aliphatic heterocycles. The van der Waals surface area contributed by atoms with Crippen LogP contribution < -0.4 is 0 Å². The van der Waals surface area contributed by atoms with Gasteiger partial charge in [0.15, 0.2) is 0 Å². The Labute approximate surface area is 132 Å². The molecule has 6 heteroatoms. The van der Waals surface area contributed by atoms with Gasteiger partial charge in [-0.15, -0.1) is 0 Å². The maximum Gasteiger partial charge on any atom is 0.429 e. The molecule has 0 fully saturated rings. The van der Waals surface area contributed by atoms with Gasteiger partial charge in [0.05, 0.1) is 11.1 Å². The van der Waals surface area contributed by atoms with Crippen LogP contribution in [0.15, 0.2) is 54.6 Å². The lowest BCUT2D eigenvalue weighted by atomic mass is 10.1. The smallest absolute Gasteiger partial charge is 0.429 e. The Morgan fingerprint density at radius 2 is 1.48 bits per heavy atom. The molecule has 6 nitrogen and oxygen atoms in total. The molecule has 0 saturated carbocycles. The van der Waals surface area contributed by atoms with Crippen molar-refractivity contribution in [1.29, 1.82) is 0 Å². The second-order valence-electron chi connectivity index (χ2n) is 5.03. The quantitative estimate of drug-likeness (QED) is 0.817. The lowest BCUT2D eigenvalue weighted by molar-refractivity contribution is 0.00632. The van der Waals surface area contributed by atoms with Crippen molar-refractivity contribution in [1.82, 2.24) is 10.0 Å². The summed E-state index contributed by atoms with van der Waals surface area (Å²) in [6, 6.07) is 15.6. The van der Waals surface area contributed by atoms with Crippen LogP contribution in [0.5, 0.6) is 0 Å². The summed E-state index contributed by atoms with van der Waals surface area (Å²) in [5.74, 6) is -1.07. The minimum atomic E-state index is -0.775. The van der Waals surface area contributed by atoms with Crippen LogP contribution in [0.4, 0.5) is 4.79 Å². The minimum Gasteiger partial charge on any atom is -0.443 e. The van der Waals surface area contributed by atoms with Crippen molar-refractivity contribution in [2.75, 3.05) is 7.05 Å². The first-order chi connectivity index (χ1) is 11.1. The van der Waals surface area contributed by atoms with Crippen LogP contribution in [0.25, 0.3) is 0 Å². The molecule has 0 spiro atoms. The van der Waals surface area contributed by atoms with Gasteiger partial charge in [0, 0.05) is 7.05 Å². The van der Waals surface area contributed by atoms with E-state index in [-0.39, 0.29) is 17.7 Å². The number of rotatable bonds is 3. The molecule has 2 aromatic carbocycles. The van der Waals surface area contributed by atoms with E-state index >= 15 is 0 Å². The zero-order valence-electron chi connectivity index (χ0n) is 12.4. The number of hydrazine groups is 1. The zero-order chi connectivity index (χ0) is 16.4. The van der Waals surface area contributed by atoms with Crippen molar-refractivity contribution in [2.45, 2.75) is 6.61 Å². The van der Waals surface area contributed by atoms with Gasteiger partial charge in [0.2, 0.25) is 0 Å². The number of hydrogen-bond acceptors (Lipinski definition) is 4. The summed E-state index contributed by atoms with van der Waals surface area (Å²) in [4.78, 5) is 36.7. The first kappa shape index (κ1) is 14.8. The van der Waals surface area contributed by atoms with Gasteiger partial charge in [-0.2, -0.15) is 5.01 Å². The van der Waals surface area contributed by atoms with Crippen LogP contribution in [-0.4, -0.2) is 35.0 Å². The third-order valence-corrected chi connectivity index (χ3v) is 3.54. The summed E-state index contributed by atoms with van der Waals surface area (Å²) in [7, 11) is 1.33. The lowest BCUT2D eigenvalue weighted by Gasteiger charge is -2.25. The molecule has 0 saturated heterocycles. The Morgan fingerprint density at radius 1 is 0.957 bits per heavy atom. The number of carbonyl (C=O) groups is 3. The Bertz CT molecular complexity index is 738. The van der Waals surface area contributed by atoms with Crippen molar-refractivity contribution >= 4 is 17.9 Å². The Balaban J connectivity index is 1.71. The van der Waals surface area contributed by atoms with E-state index in [0.717, 1.165) is 15.6 Å².